The van der Waals surface area contributed by atoms with E-state index >= 15 is 0 Å². The molecule has 1 fully saturated rings. The summed E-state index contributed by atoms with van der Waals surface area (Å²) in [6, 6.07) is 21.6. The molecule has 0 unspecified atom stereocenters. The Kier molecular flexibility index (Phi) is 10.1. The minimum atomic E-state index is -4.01. The fraction of sp³-hybridized carbons (Fsp3) is 0.286. The Hall–Kier alpha value is -4.12. The molecule has 0 saturated carbocycles. The van der Waals surface area contributed by atoms with Crippen molar-refractivity contribution in [3.05, 3.63) is 106 Å². The second kappa shape index (κ2) is 13.9. The van der Waals surface area contributed by atoms with Gasteiger partial charge >= 0.3 is 6.09 Å². The van der Waals surface area contributed by atoms with E-state index in [-0.39, 0.29) is 39.1 Å². The summed E-state index contributed by atoms with van der Waals surface area (Å²) in [5.74, 6) is -0.211. The fourth-order valence-corrected chi connectivity index (χ4v) is 7.14. The van der Waals surface area contributed by atoms with Crippen LogP contribution in [0.25, 0.3) is 10.8 Å². The summed E-state index contributed by atoms with van der Waals surface area (Å²) in [6.45, 7) is 7.09. The number of rotatable bonds is 8. The van der Waals surface area contributed by atoms with Crippen molar-refractivity contribution >= 4 is 67.5 Å². The smallest absolute Gasteiger partial charge is 0.410 e. The SMILES string of the molecule is CC(C)(C)OC(=O)N1CCN(C(=O)c2ccc(CCC(=O)c3cccc4c(NS(=O)(=O)c5cc(Cl)cc(Cl)c5)cccc34)cc2)CC1. The standard InChI is InChI=1S/C35H35Cl2N3O6S/c1-35(2,3)46-34(43)40-18-16-39(17-19-40)33(42)24-13-10-23(11-14-24)12-15-32(41)30-8-4-7-29-28(30)6-5-9-31(29)38-47(44,45)27-21-25(36)20-26(37)22-27/h4-11,13-14,20-22,38H,12,15-19H2,1-3H3. The number of halogens is 2. The predicted molar refractivity (Wildman–Crippen MR) is 184 cm³/mol. The van der Waals surface area contributed by atoms with Crippen LogP contribution < -0.4 is 4.72 Å². The molecule has 1 aliphatic heterocycles. The maximum absolute atomic E-state index is 13.4. The number of benzene rings is 4. The summed E-state index contributed by atoms with van der Waals surface area (Å²) in [7, 11) is -4.01. The molecule has 1 heterocycles. The highest BCUT2D eigenvalue weighted by atomic mass is 35.5. The number of nitrogens with zero attached hydrogens (tertiary/aromatic N) is 2. The summed E-state index contributed by atoms with van der Waals surface area (Å²) in [5, 5.41) is 1.58. The van der Waals surface area contributed by atoms with Gasteiger partial charge in [-0.25, -0.2) is 13.2 Å². The Balaban J connectivity index is 1.21. The monoisotopic (exact) mass is 695 g/mol. The average molecular weight is 697 g/mol. The second-order valence-electron chi connectivity index (χ2n) is 12.3. The molecule has 1 N–H and O–H groups in total. The molecule has 0 bridgehead atoms. The van der Waals surface area contributed by atoms with Gasteiger partial charge in [0.2, 0.25) is 0 Å². The highest BCUT2D eigenvalue weighted by Crippen LogP contribution is 2.30. The first-order valence-electron chi connectivity index (χ1n) is 15.1. The minimum Gasteiger partial charge on any atom is -0.444 e. The quantitative estimate of drug-likeness (QED) is 0.192. The molecule has 9 nitrogen and oxygen atoms in total. The maximum Gasteiger partial charge on any atom is 0.410 e. The highest BCUT2D eigenvalue weighted by Gasteiger charge is 2.28. The molecule has 1 saturated heterocycles. The van der Waals surface area contributed by atoms with E-state index in [1.807, 2.05) is 32.9 Å². The third-order valence-electron chi connectivity index (χ3n) is 7.67. The predicted octanol–water partition coefficient (Wildman–Crippen LogP) is 7.46. The molecule has 1 aliphatic rings. The van der Waals surface area contributed by atoms with Gasteiger partial charge in [0.05, 0.1) is 10.6 Å². The number of piperazine rings is 1. The number of hydrogen-bond acceptors (Lipinski definition) is 6. The molecule has 0 radical (unpaired) electrons. The molecule has 5 rings (SSSR count). The van der Waals surface area contributed by atoms with Crippen LogP contribution in [0.15, 0.2) is 83.8 Å². The van der Waals surface area contributed by atoms with E-state index in [9.17, 15) is 22.8 Å². The largest absolute Gasteiger partial charge is 0.444 e. The number of carbonyl (C=O) groups excluding carboxylic acids is 3. The molecule has 2 amide bonds. The zero-order valence-corrected chi connectivity index (χ0v) is 28.6. The van der Waals surface area contributed by atoms with Gasteiger partial charge < -0.3 is 14.5 Å². The van der Waals surface area contributed by atoms with Crippen LogP contribution in [-0.2, 0) is 21.2 Å². The van der Waals surface area contributed by atoms with Gasteiger partial charge in [-0.1, -0.05) is 65.7 Å². The number of ether oxygens (including phenoxy) is 1. The van der Waals surface area contributed by atoms with Crippen molar-refractivity contribution in [2.45, 2.75) is 44.1 Å². The zero-order valence-electron chi connectivity index (χ0n) is 26.3. The Morgan fingerprint density at radius 3 is 2.04 bits per heavy atom. The molecule has 0 spiro atoms. The van der Waals surface area contributed by atoms with E-state index in [1.165, 1.54) is 18.2 Å². The zero-order chi connectivity index (χ0) is 33.9. The molecule has 0 atom stereocenters. The number of Topliss-reactive ketones (excluding diaryl/α,β-unsaturated/α-hetero) is 1. The van der Waals surface area contributed by atoms with Gasteiger partial charge in [-0.15, -0.1) is 0 Å². The van der Waals surface area contributed by atoms with Crippen molar-refractivity contribution < 1.29 is 27.5 Å². The maximum atomic E-state index is 13.4. The molecule has 0 aliphatic carbocycles. The number of anilines is 1. The van der Waals surface area contributed by atoms with Gasteiger partial charge in [-0.3, -0.25) is 14.3 Å². The van der Waals surface area contributed by atoms with Crippen molar-refractivity contribution in [3.8, 4) is 0 Å². The third-order valence-corrected chi connectivity index (χ3v) is 9.45. The Morgan fingerprint density at radius 1 is 0.809 bits per heavy atom. The van der Waals surface area contributed by atoms with Crippen LogP contribution in [-0.4, -0.2) is 67.8 Å². The Labute approximate surface area is 284 Å². The normalized spacial score (nSPS) is 13.8. The van der Waals surface area contributed by atoms with Crippen molar-refractivity contribution in [3.63, 3.8) is 0 Å². The molecule has 47 heavy (non-hydrogen) atoms. The van der Waals surface area contributed by atoms with Crippen LogP contribution in [0.5, 0.6) is 0 Å². The lowest BCUT2D eigenvalue weighted by Crippen LogP contribution is -2.51. The van der Waals surface area contributed by atoms with E-state index in [1.54, 1.807) is 58.3 Å². The van der Waals surface area contributed by atoms with E-state index in [2.05, 4.69) is 4.72 Å². The van der Waals surface area contributed by atoms with Crippen LogP contribution in [0, 0.1) is 0 Å². The van der Waals surface area contributed by atoms with Gasteiger partial charge in [0.1, 0.15) is 5.60 Å². The molecule has 246 valence electrons. The van der Waals surface area contributed by atoms with E-state index in [0.29, 0.717) is 60.2 Å². The lowest BCUT2D eigenvalue weighted by Gasteiger charge is -2.35. The summed E-state index contributed by atoms with van der Waals surface area (Å²) in [5.41, 5.74) is 1.66. The van der Waals surface area contributed by atoms with E-state index in [0.717, 1.165) is 5.56 Å². The lowest BCUT2D eigenvalue weighted by atomic mass is 9.96. The lowest BCUT2D eigenvalue weighted by molar-refractivity contribution is 0.0141. The summed E-state index contributed by atoms with van der Waals surface area (Å²) in [4.78, 5) is 42.1. The van der Waals surface area contributed by atoms with Crippen LogP contribution in [0.1, 0.15) is 53.5 Å². The third kappa shape index (κ3) is 8.43. The number of carbonyl (C=O) groups is 3. The average Bonchev–Trinajstić information content (AvgIpc) is 3.02. The fourth-order valence-electron chi connectivity index (χ4n) is 5.34. The topological polar surface area (TPSA) is 113 Å². The molecular formula is C35H35Cl2N3O6S. The Bertz CT molecular complexity index is 1910. The van der Waals surface area contributed by atoms with Gasteiger partial charge in [0.15, 0.2) is 5.78 Å². The van der Waals surface area contributed by atoms with E-state index in [4.69, 9.17) is 27.9 Å². The summed E-state index contributed by atoms with van der Waals surface area (Å²) < 4.78 is 34.3. The summed E-state index contributed by atoms with van der Waals surface area (Å²) in [6.07, 6.45) is 0.299. The van der Waals surface area contributed by atoms with Gasteiger partial charge in [0, 0.05) is 59.2 Å². The number of aryl methyl sites for hydroxylation is 1. The number of amides is 2. The molecular weight excluding hydrogens is 661 g/mol. The first-order valence-corrected chi connectivity index (χ1v) is 17.3. The van der Waals surface area contributed by atoms with Crippen molar-refractivity contribution in [2.75, 3.05) is 30.9 Å². The second-order valence-corrected chi connectivity index (χ2v) is 14.9. The first-order chi connectivity index (χ1) is 22.2. The number of sulfonamides is 1. The number of fused-ring (bicyclic) bond motifs is 1. The van der Waals surface area contributed by atoms with Crippen LogP contribution in [0.2, 0.25) is 10.0 Å². The van der Waals surface area contributed by atoms with Crippen LogP contribution in [0.3, 0.4) is 0 Å². The Morgan fingerprint density at radius 2 is 1.40 bits per heavy atom. The van der Waals surface area contributed by atoms with E-state index < -0.39 is 15.6 Å². The summed E-state index contributed by atoms with van der Waals surface area (Å²) >= 11 is 12.0. The molecule has 12 heteroatoms. The van der Waals surface area contributed by atoms with Crippen LogP contribution in [0.4, 0.5) is 10.5 Å². The molecule has 4 aromatic carbocycles. The van der Waals surface area contributed by atoms with Crippen molar-refractivity contribution in [1.29, 1.82) is 0 Å². The van der Waals surface area contributed by atoms with Gasteiger partial charge in [0.25, 0.3) is 15.9 Å². The molecule has 4 aromatic rings. The van der Waals surface area contributed by atoms with Gasteiger partial charge in [-0.2, -0.15) is 0 Å². The van der Waals surface area contributed by atoms with Gasteiger partial charge in [-0.05, 0) is 74.5 Å². The molecule has 0 aromatic heterocycles. The number of ketones is 1. The van der Waals surface area contributed by atoms with Crippen LogP contribution >= 0.6 is 23.2 Å². The van der Waals surface area contributed by atoms with Crippen molar-refractivity contribution in [1.82, 2.24) is 9.80 Å². The minimum absolute atomic E-state index is 0.0762. The van der Waals surface area contributed by atoms with Crippen molar-refractivity contribution in [2.24, 2.45) is 0 Å². The highest BCUT2D eigenvalue weighted by molar-refractivity contribution is 7.92. The first kappa shape index (κ1) is 34.2. The number of nitrogens with one attached hydrogen (secondary N) is 1. The number of hydrogen-bond donors (Lipinski definition) is 1.